The van der Waals surface area contributed by atoms with Crippen molar-refractivity contribution >= 4 is 6.03 Å². The smallest absolute Gasteiger partial charge is 0.312 e. The molecule has 0 heterocycles. The fraction of sp³-hybridized carbons (Fsp3) is 0.417. The third kappa shape index (κ3) is 4.32. The highest BCUT2D eigenvalue weighted by molar-refractivity contribution is 5.72. The van der Waals surface area contributed by atoms with Crippen LogP contribution in [0.4, 0.5) is 4.79 Å². The van der Waals surface area contributed by atoms with Crippen LogP contribution in [0.25, 0.3) is 0 Å². The maximum absolute atomic E-state index is 10.9. The van der Waals surface area contributed by atoms with E-state index in [0.717, 1.165) is 11.3 Å². The van der Waals surface area contributed by atoms with Crippen molar-refractivity contribution in [3.63, 3.8) is 0 Å². The number of nitrogens with two attached hydrogens (primary N) is 1. The molecule has 0 aliphatic heterocycles. The fourth-order valence-electron chi connectivity index (χ4n) is 1.52. The summed E-state index contributed by atoms with van der Waals surface area (Å²) in [6, 6.07) is 6.65. The Balaban J connectivity index is 2.75. The maximum atomic E-state index is 10.9. The summed E-state index contributed by atoms with van der Waals surface area (Å²) in [4.78, 5) is 10.9. The van der Waals surface area contributed by atoms with E-state index in [1.807, 2.05) is 31.2 Å². The lowest BCUT2D eigenvalue weighted by Gasteiger charge is -2.17. The van der Waals surface area contributed by atoms with Gasteiger partial charge in [0, 0.05) is 7.11 Å². The predicted molar refractivity (Wildman–Crippen MR) is 64.9 cm³/mol. The molecule has 0 aliphatic rings. The number of urea groups is 1. The van der Waals surface area contributed by atoms with Crippen LogP contribution in [0.2, 0.25) is 0 Å². The van der Waals surface area contributed by atoms with E-state index in [9.17, 15) is 4.79 Å². The SMILES string of the molecule is CCOc1ccc([C@@H](COC)NC(N)=O)cc1. The molecular weight excluding hydrogens is 220 g/mol. The molecule has 94 valence electrons. The number of carbonyl (C=O) groups is 1. The Bertz CT molecular complexity index is 351. The first kappa shape index (κ1) is 13.3. The van der Waals surface area contributed by atoms with Crippen LogP contribution < -0.4 is 15.8 Å². The molecule has 0 aliphatic carbocycles. The van der Waals surface area contributed by atoms with Crippen molar-refractivity contribution in [1.82, 2.24) is 5.32 Å². The van der Waals surface area contributed by atoms with Gasteiger partial charge in [-0.25, -0.2) is 4.79 Å². The molecule has 0 unspecified atom stereocenters. The predicted octanol–water partition coefficient (Wildman–Crippen LogP) is 1.44. The number of ether oxygens (including phenoxy) is 2. The first-order valence-electron chi connectivity index (χ1n) is 5.45. The number of hydrogen-bond donors (Lipinski definition) is 2. The van der Waals surface area contributed by atoms with Gasteiger partial charge in [0.05, 0.1) is 19.3 Å². The van der Waals surface area contributed by atoms with E-state index in [4.69, 9.17) is 15.2 Å². The summed E-state index contributed by atoms with van der Waals surface area (Å²) in [5.74, 6) is 0.798. The molecule has 1 aromatic carbocycles. The molecule has 1 atom stereocenters. The molecule has 2 amide bonds. The average molecular weight is 238 g/mol. The summed E-state index contributed by atoms with van der Waals surface area (Å²) < 4.78 is 10.4. The average Bonchev–Trinajstić information content (AvgIpc) is 2.29. The third-order valence-electron chi connectivity index (χ3n) is 2.24. The molecule has 0 saturated carbocycles. The summed E-state index contributed by atoms with van der Waals surface area (Å²) in [5.41, 5.74) is 6.03. The Hall–Kier alpha value is -1.75. The minimum absolute atomic E-state index is 0.242. The zero-order valence-electron chi connectivity index (χ0n) is 10.1. The van der Waals surface area contributed by atoms with Crippen molar-refractivity contribution in [2.24, 2.45) is 5.73 Å². The highest BCUT2D eigenvalue weighted by atomic mass is 16.5. The second kappa shape index (κ2) is 6.75. The number of nitrogens with one attached hydrogen (secondary N) is 1. The van der Waals surface area contributed by atoms with Gasteiger partial charge < -0.3 is 20.5 Å². The normalized spacial score (nSPS) is 11.9. The van der Waals surface area contributed by atoms with Crippen LogP contribution in [-0.2, 0) is 4.74 Å². The van der Waals surface area contributed by atoms with Crippen molar-refractivity contribution < 1.29 is 14.3 Å². The van der Waals surface area contributed by atoms with Crippen molar-refractivity contribution in [2.45, 2.75) is 13.0 Å². The molecule has 3 N–H and O–H groups in total. The highest BCUT2D eigenvalue weighted by Gasteiger charge is 2.12. The van der Waals surface area contributed by atoms with Crippen LogP contribution in [-0.4, -0.2) is 26.4 Å². The first-order chi connectivity index (χ1) is 8.17. The van der Waals surface area contributed by atoms with Gasteiger partial charge >= 0.3 is 6.03 Å². The lowest BCUT2D eigenvalue weighted by molar-refractivity contribution is 0.167. The van der Waals surface area contributed by atoms with Gasteiger partial charge in [0.2, 0.25) is 0 Å². The van der Waals surface area contributed by atoms with Gasteiger partial charge in [0.1, 0.15) is 5.75 Å². The van der Waals surface area contributed by atoms with Gasteiger partial charge in [-0.05, 0) is 24.6 Å². The first-order valence-corrected chi connectivity index (χ1v) is 5.45. The number of methoxy groups -OCH3 is 1. The molecule has 0 spiro atoms. The standard InChI is InChI=1S/C12H18N2O3/c1-3-17-10-6-4-9(5-7-10)11(8-16-2)14-12(13)15/h4-7,11H,3,8H2,1-2H3,(H3,13,14,15)/t11-/m1/s1. The number of rotatable bonds is 6. The van der Waals surface area contributed by atoms with Crippen molar-refractivity contribution in [2.75, 3.05) is 20.3 Å². The van der Waals surface area contributed by atoms with Crippen LogP contribution in [0.5, 0.6) is 5.75 Å². The van der Waals surface area contributed by atoms with Crippen LogP contribution in [0, 0.1) is 0 Å². The number of carbonyl (C=O) groups excluding carboxylic acids is 1. The minimum atomic E-state index is -0.569. The highest BCUT2D eigenvalue weighted by Crippen LogP contribution is 2.18. The van der Waals surface area contributed by atoms with Crippen LogP contribution in [0.1, 0.15) is 18.5 Å². The van der Waals surface area contributed by atoms with E-state index in [0.29, 0.717) is 13.2 Å². The minimum Gasteiger partial charge on any atom is -0.494 e. The van der Waals surface area contributed by atoms with E-state index < -0.39 is 6.03 Å². The molecule has 0 aromatic heterocycles. The number of benzene rings is 1. The largest absolute Gasteiger partial charge is 0.494 e. The molecule has 0 radical (unpaired) electrons. The fourth-order valence-corrected chi connectivity index (χ4v) is 1.52. The Morgan fingerprint density at radius 1 is 1.41 bits per heavy atom. The topological polar surface area (TPSA) is 73.6 Å². The summed E-state index contributed by atoms with van der Waals surface area (Å²) in [5, 5.41) is 2.62. The quantitative estimate of drug-likeness (QED) is 0.787. The van der Waals surface area contributed by atoms with Gasteiger partial charge in [-0.2, -0.15) is 0 Å². The molecule has 1 aromatic rings. The Morgan fingerprint density at radius 3 is 2.53 bits per heavy atom. The Kier molecular flexibility index (Phi) is 5.29. The molecule has 5 nitrogen and oxygen atoms in total. The van der Waals surface area contributed by atoms with Gasteiger partial charge in [-0.1, -0.05) is 12.1 Å². The molecule has 17 heavy (non-hydrogen) atoms. The summed E-state index contributed by atoms with van der Waals surface area (Å²) >= 11 is 0. The van der Waals surface area contributed by atoms with Crippen molar-refractivity contribution in [3.05, 3.63) is 29.8 Å². The summed E-state index contributed by atoms with van der Waals surface area (Å²) in [7, 11) is 1.57. The van der Waals surface area contributed by atoms with E-state index >= 15 is 0 Å². The molecule has 0 fully saturated rings. The van der Waals surface area contributed by atoms with Gasteiger partial charge in [-0.3, -0.25) is 0 Å². The molecule has 0 saturated heterocycles. The van der Waals surface area contributed by atoms with E-state index in [2.05, 4.69) is 5.32 Å². The van der Waals surface area contributed by atoms with Gasteiger partial charge in [0.25, 0.3) is 0 Å². The van der Waals surface area contributed by atoms with Gasteiger partial charge in [0.15, 0.2) is 0 Å². The van der Waals surface area contributed by atoms with Crippen LogP contribution in [0.3, 0.4) is 0 Å². The maximum Gasteiger partial charge on any atom is 0.312 e. The second-order valence-corrected chi connectivity index (χ2v) is 3.52. The van der Waals surface area contributed by atoms with E-state index in [1.54, 1.807) is 7.11 Å². The summed E-state index contributed by atoms with van der Waals surface area (Å²) in [6.07, 6.45) is 0. The Morgan fingerprint density at radius 2 is 2.06 bits per heavy atom. The van der Waals surface area contributed by atoms with Crippen LogP contribution >= 0.6 is 0 Å². The lowest BCUT2D eigenvalue weighted by atomic mass is 10.1. The Labute approximate surface area is 101 Å². The zero-order chi connectivity index (χ0) is 12.7. The summed E-state index contributed by atoms with van der Waals surface area (Å²) in [6.45, 7) is 2.92. The number of amides is 2. The molecular formula is C12H18N2O3. The third-order valence-corrected chi connectivity index (χ3v) is 2.24. The van der Waals surface area contributed by atoms with Crippen molar-refractivity contribution in [3.8, 4) is 5.75 Å². The second-order valence-electron chi connectivity index (χ2n) is 3.52. The monoisotopic (exact) mass is 238 g/mol. The molecule has 5 heteroatoms. The van der Waals surface area contributed by atoms with E-state index in [1.165, 1.54) is 0 Å². The number of hydrogen-bond acceptors (Lipinski definition) is 3. The molecule has 0 bridgehead atoms. The van der Waals surface area contributed by atoms with Crippen molar-refractivity contribution in [1.29, 1.82) is 0 Å². The van der Waals surface area contributed by atoms with Gasteiger partial charge in [-0.15, -0.1) is 0 Å². The van der Waals surface area contributed by atoms with Crippen LogP contribution in [0.15, 0.2) is 24.3 Å². The lowest BCUT2D eigenvalue weighted by Crippen LogP contribution is -2.35. The molecule has 1 rings (SSSR count). The van der Waals surface area contributed by atoms with E-state index in [-0.39, 0.29) is 6.04 Å². The number of primary amides is 1. The zero-order valence-corrected chi connectivity index (χ0v) is 10.1.